The van der Waals surface area contributed by atoms with Crippen molar-refractivity contribution in [2.24, 2.45) is 0 Å². The summed E-state index contributed by atoms with van der Waals surface area (Å²) in [6.07, 6.45) is 0.419. The van der Waals surface area contributed by atoms with Crippen molar-refractivity contribution in [3.63, 3.8) is 0 Å². The second kappa shape index (κ2) is 4.30. The Hall–Kier alpha value is -2.09. The summed E-state index contributed by atoms with van der Waals surface area (Å²) in [6, 6.07) is 16.0. The number of esters is 1. The molecule has 3 rings (SSSR count). The molecule has 0 amide bonds. The van der Waals surface area contributed by atoms with Crippen molar-refractivity contribution in [2.45, 2.75) is 19.3 Å². The van der Waals surface area contributed by atoms with E-state index in [1.165, 1.54) is 11.1 Å². The summed E-state index contributed by atoms with van der Waals surface area (Å²) in [6.45, 7) is 2.08. The Bertz CT molecular complexity index is 602. The van der Waals surface area contributed by atoms with Crippen molar-refractivity contribution in [1.82, 2.24) is 0 Å². The number of aryl methyl sites for hydroxylation is 1. The predicted octanol–water partition coefficient (Wildman–Crippen LogP) is 3.44. The Morgan fingerprint density at radius 3 is 2.44 bits per heavy atom. The second-order valence-corrected chi connectivity index (χ2v) is 4.63. The van der Waals surface area contributed by atoms with Crippen LogP contribution in [-0.4, -0.2) is 5.97 Å². The highest BCUT2D eigenvalue weighted by Crippen LogP contribution is 2.39. The highest BCUT2D eigenvalue weighted by Gasteiger charge is 2.28. The fourth-order valence-corrected chi connectivity index (χ4v) is 2.56. The van der Waals surface area contributed by atoms with E-state index in [4.69, 9.17) is 4.74 Å². The molecule has 1 atom stereocenters. The van der Waals surface area contributed by atoms with Gasteiger partial charge in [0.25, 0.3) is 0 Å². The van der Waals surface area contributed by atoms with E-state index in [1.807, 2.05) is 36.4 Å². The lowest BCUT2D eigenvalue weighted by atomic mass is 9.84. The molecule has 0 saturated carbocycles. The van der Waals surface area contributed by atoms with Crippen LogP contribution in [0.25, 0.3) is 0 Å². The van der Waals surface area contributed by atoms with Crippen LogP contribution in [0.1, 0.15) is 29.0 Å². The molecule has 1 aliphatic rings. The molecule has 0 bridgehead atoms. The Morgan fingerprint density at radius 2 is 1.67 bits per heavy atom. The largest absolute Gasteiger partial charge is 0.426 e. The molecule has 0 aliphatic carbocycles. The van der Waals surface area contributed by atoms with E-state index in [0.717, 1.165) is 5.56 Å². The van der Waals surface area contributed by atoms with Crippen LogP contribution in [0.2, 0.25) is 0 Å². The summed E-state index contributed by atoms with van der Waals surface area (Å²) in [5.41, 5.74) is 3.53. The molecule has 0 aromatic heterocycles. The lowest BCUT2D eigenvalue weighted by Gasteiger charge is -2.25. The topological polar surface area (TPSA) is 26.3 Å². The summed E-state index contributed by atoms with van der Waals surface area (Å²) < 4.78 is 5.28. The van der Waals surface area contributed by atoms with Gasteiger partial charge in [0.1, 0.15) is 5.75 Å². The molecule has 0 fully saturated rings. The summed E-state index contributed by atoms with van der Waals surface area (Å²) in [4.78, 5) is 11.7. The molecule has 0 radical (unpaired) electrons. The van der Waals surface area contributed by atoms with Gasteiger partial charge in [-0.15, -0.1) is 0 Å². The first-order valence-corrected chi connectivity index (χ1v) is 6.11. The summed E-state index contributed by atoms with van der Waals surface area (Å²) in [7, 11) is 0. The molecule has 90 valence electrons. The SMILES string of the molecule is Cc1ccccc1[C@@H]1CC(=O)Oc2ccccc21. The lowest BCUT2D eigenvalue weighted by molar-refractivity contribution is -0.135. The standard InChI is InChI=1S/C16H14O2/c1-11-6-2-3-7-12(11)14-10-16(17)18-15-9-5-4-8-13(14)15/h2-9,14H,10H2,1H3/t14-/m0/s1. The maximum absolute atomic E-state index is 11.7. The molecule has 2 aromatic rings. The minimum Gasteiger partial charge on any atom is -0.426 e. The van der Waals surface area contributed by atoms with E-state index in [2.05, 4.69) is 19.1 Å². The molecule has 0 spiro atoms. The number of carbonyl (C=O) groups excluding carboxylic acids is 1. The Balaban J connectivity index is 2.13. The van der Waals surface area contributed by atoms with Gasteiger partial charge in [0.15, 0.2) is 0 Å². The van der Waals surface area contributed by atoms with Gasteiger partial charge >= 0.3 is 5.97 Å². The highest BCUT2D eigenvalue weighted by atomic mass is 16.5. The number of rotatable bonds is 1. The van der Waals surface area contributed by atoms with E-state index in [-0.39, 0.29) is 11.9 Å². The fourth-order valence-electron chi connectivity index (χ4n) is 2.56. The van der Waals surface area contributed by atoms with Gasteiger partial charge in [-0.25, -0.2) is 0 Å². The number of ether oxygens (including phenoxy) is 1. The average molecular weight is 238 g/mol. The van der Waals surface area contributed by atoms with Gasteiger partial charge in [0.2, 0.25) is 0 Å². The third-order valence-electron chi connectivity index (χ3n) is 3.45. The third-order valence-corrected chi connectivity index (χ3v) is 3.45. The fraction of sp³-hybridized carbons (Fsp3) is 0.188. The third kappa shape index (κ3) is 1.80. The van der Waals surface area contributed by atoms with Crippen LogP contribution in [0.4, 0.5) is 0 Å². The van der Waals surface area contributed by atoms with Crippen LogP contribution < -0.4 is 4.74 Å². The van der Waals surface area contributed by atoms with E-state index >= 15 is 0 Å². The van der Waals surface area contributed by atoms with Gasteiger partial charge in [-0.05, 0) is 24.1 Å². The lowest BCUT2D eigenvalue weighted by Crippen LogP contribution is -2.21. The number of hydrogen-bond donors (Lipinski definition) is 0. The van der Waals surface area contributed by atoms with E-state index in [9.17, 15) is 4.79 Å². The number of benzene rings is 2. The van der Waals surface area contributed by atoms with Crippen molar-refractivity contribution < 1.29 is 9.53 Å². The Kier molecular flexibility index (Phi) is 2.63. The maximum atomic E-state index is 11.7. The number of hydrogen-bond acceptors (Lipinski definition) is 2. The van der Waals surface area contributed by atoms with Gasteiger partial charge in [-0.2, -0.15) is 0 Å². The first-order chi connectivity index (χ1) is 8.75. The normalized spacial score (nSPS) is 18.1. The van der Waals surface area contributed by atoms with Crippen LogP contribution in [0.3, 0.4) is 0 Å². The van der Waals surface area contributed by atoms with Crippen molar-refractivity contribution in [2.75, 3.05) is 0 Å². The van der Waals surface area contributed by atoms with Crippen molar-refractivity contribution in [1.29, 1.82) is 0 Å². The predicted molar refractivity (Wildman–Crippen MR) is 69.7 cm³/mol. The Labute approximate surface area is 106 Å². The molecule has 1 heterocycles. The van der Waals surface area contributed by atoms with Crippen molar-refractivity contribution in [3.05, 3.63) is 65.2 Å². The quantitative estimate of drug-likeness (QED) is 0.562. The zero-order valence-electron chi connectivity index (χ0n) is 10.2. The molecule has 0 unspecified atom stereocenters. The van der Waals surface area contributed by atoms with Crippen molar-refractivity contribution in [3.8, 4) is 5.75 Å². The van der Waals surface area contributed by atoms with Crippen LogP contribution >= 0.6 is 0 Å². The summed E-state index contributed by atoms with van der Waals surface area (Å²) >= 11 is 0. The Morgan fingerprint density at radius 1 is 1.00 bits per heavy atom. The molecular weight excluding hydrogens is 224 g/mol. The molecule has 1 aliphatic heterocycles. The van der Waals surface area contributed by atoms with Gasteiger partial charge in [0, 0.05) is 11.5 Å². The van der Waals surface area contributed by atoms with Crippen LogP contribution in [0, 0.1) is 6.92 Å². The van der Waals surface area contributed by atoms with Crippen molar-refractivity contribution >= 4 is 5.97 Å². The molecular formula is C16H14O2. The molecule has 0 saturated heterocycles. The minimum atomic E-state index is -0.151. The molecule has 2 heteroatoms. The maximum Gasteiger partial charge on any atom is 0.312 e. The van der Waals surface area contributed by atoms with E-state index in [1.54, 1.807) is 0 Å². The first kappa shape index (κ1) is 11.0. The molecule has 18 heavy (non-hydrogen) atoms. The highest BCUT2D eigenvalue weighted by molar-refractivity contribution is 5.77. The minimum absolute atomic E-state index is 0.114. The van der Waals surface area contributed by atoms with Gasteiger partial charge in [0.05, 0.1) is 6.42 Å². The zero-order valence-corrected chi connectivity index (χ0v) is 10.2. The van der Waals surface area contributed by atoms with Gasteiger partial charge in [-0.1, -0.05) is 42.5 Å². The zero-order chi connectivity index (χ0) is 12.5. The van der Waals surface area contributed by atoms with E-state index < -0.39 is 0 Å². The number of para-hydroxylation sites is 1. The second-order valence-electron chi connectivity index (χ2n) is 4.63. The molecule has 0 N–H and O–H groups in total. The monoisotopic (exact) mass is 238 g/mol. The first-order valence-electron chi connectivity index (χ1n) is 6.11. The average Bonchev–Trinajstić information content (AvgIpc) is 2.38. The van der Waals surface area contributed by atoms with Crippen LogP contribution in [0.5, 0.6) is 5.75 Å². The molecule has 2 nitrogen and oxygen atoms in total. The van der Waals surface area contributed by atoms with Crippen LogP contribution in [0.15, 0.2) is 48.5 Å². The summed E-state index contributed by atoms with van der Waals surface area (Å²) in [5.74, 6) is 0.660. The van der Waals surface area contributed by atoms with E-state index in [0.29, 0.717) is 12.2 Å². The number of carbonyl (C=O) groups is 1. The summed E-state index contributed by atoms with van der Waals surface area (Å²) in [5, 5.41) is 0. The van der Waals surface area contributed by atoms with Crippen LogP contribution in [-0.2, 0) is 4.79 Å². The van der Waals surface area contributed by atoms with Gasteiger partial charge < -0.3 is 4.74 Å². The smallest absolute Gasteiger partial charge is 0.312 e. The van der Waals surface area contributed by atoms with Gasteiger partial charge in [-0.3, -0.25) is 4.79 Å². The number of fused-ring (bicyclic) bond motifs is 1. The molecule has 2 aromatic carbocycles.